The first kappa shape index (κ1) is 14.2. The predicted molar refractivity (Wildman–Crippen MR) is 77.3 cm³/mol. The third kappa shape index (κ3) is 3.13. The van der Waals surface area contributed by atoms with Gasteiger partial charge in [0.05, 0.1) is 6.10 Å². The number of aliphatic hydroxyl groups excluding tert-OH is 1. The van der Waals surface area contributed by atoms with Crippen LogP contribution in [0.2, 0.25) is 0 Å². The minimum atomic E-state index is -0.633. The van der Waals surface area contributed by atoms with Crippen molar-refractivity contribution in [1.82, 2.24) is 5.32 Å². The van der Waals surface area contributed by atoms with Crippen LogP contribution in [0.15, 0.2) is 24.3 Å². The minimum Gasteiger partial charge on any atom is -0.482 e. The maximum atomic E-state index is 12.3. The van der Waals surface area contributed by atoms with Gasteiger partial charge in [-0.3, -0.25) is 4.79 Å². The van der Waals surface area contributed by atoms with Gasteiger partial charge in [-0.1, -0.05) is 12.1 Å². The highest BCUT2D eigenvalue weighted by molar-refractivity contribution is 5.82. The van der Waals surface area contributed by atoms with Gasteiger partial charge in [0, 0.05) is 6.54 Å². The molecule has 0 bridgehead atoms. The Bertz CT molecular complexity index is 519. The van der Waals surface area contributed by atoms with E-state index >= 15 is 0 Å². The van der Waals surface area contributed by atoms with E-state index in [0.717, 1.165) is 19.3 Å². The van der Waals surface area contributed by atoms with E-state index in [-0.39, 0.29) is 18.1 Å². The van der Waals surface area contributed by atoms with Crippen LogP contribution in [-0.2, 0) is 4.79 Å². The number of carbonyl (C=O) groups excluding carboxylic acids is 1. The van der Waals surface area contributed by atoms with E-state index in [9.17, 15) is 9.90 Å². The number of fused-ring (bicyclic) bond motifs is 1. The minimum absolute atomic E-state index is 0.154. The number of para-hydroxylation sites is 2. The summed E-state index contributed by atoms with van der Waals surface area (Å²) < 4.78 is 11.5. The van der Waals surface area contributed by atoms with Crippen LogP contribution in [0.25, 0.3) is 0 Å². The fourth-order valence-corrected chi connectivity index (χ4v) is 2.99. The molecular formula is C16H21NO4. The molecule has 1 heterocycles. The number of hydrogen-bond donors (Lipinski definition) is 2. The van der Waals surface area contributed by atoms with E-state index in [4.69, 9.17) is 9.47 Å². The van der Waals surface area contributed by atoms with Crippen molar-refractivity contribution in [1.29, 1.82) is 0 Å². The molecule has 4 unspecified atom stereocenters. The molecule has 0 saturated heterocycles. The average molecular weight is 291 g/mol. The standard InChI is InChI=1S/C16H21NO4/c1-10-15(21-14-5-3-2-4-13(14)20-10)16(19)17-9-11-6-7-12(18)8-11/h2-5,10-12,15,18H,6-9H2,1H3,(H,17,19). The van der Waals surface area contributed by atoms with E-state index in [2.05, 4.69) is 5.32 Å². The normalized spacial score (nSPS) is 31.0. The molecule has 1 saturated carbocycles. The quantitative estimate of drug-likeness (QED) is 0.885. The number of hydrogen-bond acceptors (Lipinski definition) is 4. The van der Waals surface area contributed by atoms with Crippen LogP contribution in [0.5, 0.6) is 11.5 Å². The van der Waals surface area contributed by atoms with Crippen molar-refractivity contribution in [3.05, 3.63) is 24.3 Å². The molecule has 1 amide bonds. The third-order valence-corrected chi connectivity index (χ3v) is 4.18. The molecule has 1 aromatic rings. The predicted octanol–water partition coefficient (Wildman–Crippen LogP) is 1.49. The Labute approximate surface area is 124 Å². The lowest BCUT2D eigenvalue weighted by atomic mass is 10.1. The van der Waals surface area contributed by atoms with Crippen LogP contribution in [0.4, 0.5) is 0 Å². The second-order valence-corrected chi connectivity index (χ2v) is 5.89. The third-order valence-electron chi connectivity index (χ3n) is 4.18. The van der Waals surface area contributed by atoms with E-state index in [1.807, 2.05) is 25.1 Å². The number of amides is 1. The van der Waals surface area contributed by atoms with Crippen molar-refractivity contribution in [3.8, 4) is 11.5 Å². The number of aliphatic hydroxyl groups is 1. The first-order chi connectivity index (χ1) is 10.1. The highest BCUT2D eigenvalue weighted by Crippen LogP contribution is 2.33. The molecule has 1 aliphatic carbocycles. The highest BCUT2D eigenvalue weighted by atomic mass is 16.6. The summed E-state index contributed by atoms with van der Waals surface area (Å²) in [7, 11) is 0. The number of carbonyl (C=O) groups is 1. The first-order valence-electron chi connectivity index (χ1n) is 7.51. The summed E-state index contributed by atoms with van der Waals surface area (Å²) in [6.07, 6.45) is 1.38. The molecule has 114 valence electrons. The molecule has 0 aromatic heterocycles. The second-order valence-electron chi connectivity index (χ2n) is 5.89. The lowest BCUT2D eigenvalue weighted by Gasteiger charge is -2.31. The van der Waals surface area contributed by atoms with Gasteiger partial charge in [-0.05, 0) is 44.2 Å². The van der Waals surface area contributed by atoms with Gasteiger partial charge >= 0.3 is 0 Å². The molecule has 2 N–H and O–H groups in total. The molecule has 5 heteroatoms. The summed E-state index contributed by atoms with van der Waals surface area (Å²) in [5.74, 6) is 1.48. The van der Waals surface area contributed by atoms with Crippen LogP contribution >= 0.6 is 0 Å². The van der Waals surface area contributed by atoms with Crippen molar-refractivity contribution >= 4 is 5.91 Å². The topological polar surface area (TPSA) is 67.8 Å². The van der Waals surface area contributed by atoms with Gasteiger partial charge in [0.15, 0.2) is 11.5 Å². The number of benzene rings is 1. The Hall–Kier alpha value is -1.75. The summed E-state index contributed by atoms with van der Waals surface area (Å²) in [5.41, 5.74) is 0. The molecule has 0 radical (unpaired) electrons. The molecule has 0 spiro atoms. The van der Waals surface area contributed by atoms with E-state index in [1.165, 1.54) is 0 Å². The summed E-state index contributed by atoms with van der Waals surface area (Å²) in [5, 5.41) is 12.4. The van der Waals surface area contributed by atoms with E-state index in [0.29, 0.717) is 24.0 Å². The Balaban J connectivity index is 1.57. The zero-order valence-corrected chi connectivity index (χ0v) is 12.1. The SMILES string of the molecule is CC1Oc2ccccc2OC1C(=O)NCC1CCC(O)C1. The summed E-state index contributed by atoms with van der Waals surface area (Å²) in [6.45, 7) is 2.42. The monoisotopic (exact) mass is 291 g/mol. The Kier molecular flexibility index (Phi) is 4.01. The fraction of sp³-hybridized carbons (Fsp3) is 0.562. The second kappa shape index (κ2) is 5.93. The lowest BCUT2D eigenvalue weighted by Crippen LogP contribution is -2.49. The van der Waals surface area contributed by atoms with Crippen molar-refractivity contribution in [3.63, 3.8) is 0 Å². The van der Waals surface area contributed by atoms with Crippen molar-refractivity contribution in [2.75, 3.05) is 6.54 Å². The van der Waals surface area contributed by atoms with Crippen LogP contribution in [0, 0.1) is 5.92 Å². The van der Waals surface area contributed by atoms with Crippen molar-refractivity contribution < 1.29 is 19.4 Å². The molecule has 2 aliphatic rings. The zero-order chi connectivity index (χ0) is 14.8. The van der Waals surface area contributed by atoms with Crippen molar-refractivity contribution in [2.45, 2.75) is 44.5 Å². The first-order valence-corrected chi connectivity index (χ1v) is 7.51. The summed E-state index contributed by atoms with van der Waals surface area (Å²) in [6, 6.07) is 7.36. The molecular weight excluding hydrogens is 270 g/mol. The molecule has 1 fully saturated rings. The van der Waals surface area contributed by atoms with Crippen LogP contribution in [0.1, 0.15) is 26.2 Å². The molecule has 5 nitrogen and oxygen atoms in total. The maximum absolute atomic E-state index is 12.3. The number of ether oxygens (including phenoxy) is 2. The van der Waals surface area contributed by atoms with Crippen LogP contribution in [-0.4, -0.2) is 35.9 Å². The maximum Gasteiger partial charge on any atom is 0.265 e. The van der Waals surface area contributed by atoms with Gasteiger partial charge in [0.1, 0.15) is 6.10 Å². The fourth-order valence-electron chi connectivity index (χ4n) is 2.99. The highest BCUT2D eigenvalue weighted by Gasteiger charge is 2.34. The molecule has 21 heavy (non-hydrogen) atoms. The summed E-state index contributed by atoms with van der Waals surface area (Å²) in [4.78, 5) is 12.3. The molecule has 4 atom stereocenters. The Morgan fingerprint density at radius 2 is 2.00 bits per heavy atom. The van der Waals surface area contributed by atoms with Crippen LogP contribution in [0.3, 0.4) is 0 Å². The lowest BCUT2D eigenvalue weighted by molar-refractivity contribution is -0.133. The number of nitrogens with one attached hydrogen (secondary N) is 1. The number of rotatable bonds is 3. The molecule has 1 aliphatic heterocycles. The van der Waals surface area contributed by atoms with E-state index < -0.39 is 6.10 Å². The van der Waals surface area contributed by atoms with Gasteiger partial charge in [0.2, 0.25) is 6.10 Å². The summed E-state index contributed by atoms with van der Waals surface area (Å²) >= 11 is 0. The van der Waals surface area contributed by atoms with Crippen LogP contribution < -0.4 is 14.8 Å². The Morgan fingerprint density at radius 1 is 1.29 bits per heavy atom. The van der Waals surface area contributed by atoms with Gasteiger partial charge in [-0.25, -0.2) is 0 Å². The van der Waals surface area contributed by atoms with Gasteiger partial charge in [-0.15, -0.1) is 0 Å². The van der Waals surface area contributed by atoms with Gasteiger partial charge in [-0.2, -0.15) is 0 Å². The average Bonchev–Trinajstić information content (AvgIpc) is 2.89. The van der Waals surface area contributed by atoms with Gasteiger partial charge in [0.25, 0.3) is 5.91 Å². The van der Waals surface area contributed by atoms with Gasteiger partial charge < -0.3 is 19.9 Å². The largest absolute Gasteiger partial charge is 0.482 e. The Morgan fingerprint density at radius 3 is 2.67 bits per heavy atom. The molecule has 1 aromatic carbocycles. The smallest absolute Gasteiger partial charge is 0.265 e. The molecule has 3 rings (SSSR count). The van der Waals surface area contributed by atoms with E-state index in [1.54, 1.807) is 6.07 Å². The zero-order valence-electron chi connectivity index (χ0n) is 12.1. The van der Waals surface area contributed by atoms with Crippen molar-refractivity contribution in [2.24, 2.45) is 5.92 Å².